The van der Waals surface area contributed by atoms with Gasteiger partial charge in [-0.3, -0.25) is 4.79 Å². The fourth-order valence-electron chi connectivity index (χ4n) is 3.62. The van der Waals surface area contributed by atoms with Crippen LogP contribution in [0.1, 0.15) is 32.7 Å². The molecule has 1 aliphatic heterocycles. The predicted octanol–water partition coefficient (Wildman–Crippen LogP) is 2.63. The van der Waals surface area contributed by atoms with Gasteiger partial charge in [-0.05, 0) is 32.8 Å². The smallest absolute Gasteiger partial charge is 0.242 e. The number of rotatable bonds is 2. The maximum Gasteiger partial charge on any atom is 0.242 e. The molecule has 128 valence electrons. The van der Waals surface area contributed by atoms with Crippen LogP contribution in [0.3, 0.4) is 0 Å². The maximum absolute atomic E-state index is 12.7. The van der Waals surface area contributed by atoms with Crippen LogP contribution in [0.15, 0.2) is 24.8 Å². The normalized spacial score (nSPS) is 18.6. The highest BCUT2D eigenvalue weighted by atomic mass is 16.2. The monoisotopic (exact) mass is 336 g/mol. The third-order valence-corrected chi connectivity index (χ3v) is 5.01. The van der Waals surface area contributed by atoms with Crippen molar-refractivity contribution in [1.82, 2.24) is 24.4 Å². The SMILES string of the molecule is CC(C)(C#N)C(=O)N1CCC[C@@H](n2cnc3cnc4[nH]ccc4c32)C1. The largest absolute Gasteiger partial charge is 0.346 e. The number of nitriles is 1. The van der Waals surface area contributed by atoms with Crippen LogP contribution in [-0.2, 0) is 4.79 Å². The van der Waals surface area contributed by atoms with Gasteiger partial charge in [0.05, 0.1) is 30.2 Å². The molecule has 1 aliphatic rings. The molecule has 0 bridgehead atoms. The topological polar surface area (TPSA) is 90.6 Å². The summed E-state index contributed by atoms with van der Waals surface area (Å²) in [5.74, 6) is -0.0995. The van der Waals surface area contributed by atoms with Crippen LogP contribution >= 0.6 is 0 Å². The van der Waals surface area contributed by atoms with Gasteiger partial charge in [-0.2, -0.15) is 5.26 Å². The fraction of sp³-hybridized carbons (Fsp3) is 0.444. The summed E-state index contributed by atoms with van der Waals surface area (Å²) in [7, 11) is 0. The number of piperidine rings is 1. The van der Waals surface area contributed by atoms with Gasteiger partial charge in [-0.1, -0.05) is 0 Å². The Labute approximate surface area is 145 Å². The third-order valence-electron chi connectivity index (χ3n) is 5.01. The molecular formula is C18H20N6O. The molecule has 0 unspecified atom stereocenters. The van der Waals surface area contributed by atoms with E-state index >= 15 is 0 Å². The predicted molar refractivity (Wildman–Crippen MR) is 93.6 cm³/mol. The lowest BCUT2D eigenvalue weighted by molar-refractivity contribution is -0.139. The summed E-state index contributed by atoms with van der Waals surface area (Å²) in [6, 6.07) is 4.27. The second kappa shape index (κ2) is 5.59. The summed E-state index contributed by atoms with van der Waals surface area (Å²) in [6.45, 7) is 4.67. The van der Waals surface area contributed by atoms with Crippen LogP contribution < -0.4 is 0 Å². The van der Waals surface area contributed by atoms with E-state index in [0.717, 1.165) is 34.9 Å². The molecule has 25 heavy (non-hydrogen) atoms. The average molecular weight is 336 g/mol. The molecule has 1 amide bonds. The van der Waals surface area contributed by atoms with Gasteiger partial charge in [0.15, 0.2) is 0 Å². The van der Waals surface area contributed by atoms with Crippen molar-refractivity contribution in [1.29, 1.82) is 5.26 Å². The molecule has 4 heterocycles. The van der Waals surface area contributed by atoms with Crippen LogP contribution in [0.4, 0.5) is 0 Å². The molecule has 0 aliphatic carbocycles. The number of aromatic amines is 1. The molecule has 0 saturated carbocycles. The van der Waals surface area contributed by atoms with E-state index in [1.807, 2.05) is 23.5 Å². The minimum atomic E-state index is -0.989. The summed E-state index contributed by atoms with van der Waals surface area (Å²) in [4.78, 5) is 26.5. The van der Waals surface area contributed by atoms with Gasteiger partial charge >= 0.3 is 0 Å². The molecule has 7 nitrogen and oxygen atoms in total. The van der Waals surface area contributed by atoms with Crippen molar-refractivity contribution < 1.29 is 4.79 Å². The molecule has 0 spiro atoms. The Morgan fingerprint density at radius 1 is 1.44 bits per heavy atom. The zero-order valence-electron chi connectivity index (χ0n) is 14.4. The van der Waals surface area contributed by atoms with Crippen molar-refractivity contribution >= 4 is 28.0 Å². The second-order valence-corrected chi connectivity index (χ2v) is 7.17. The zero-order valence-corrected chi connectivity index (χ0v) is 14.4. The number of hydrogen-bond donors (Lipinski definition) is 1. The number of aromatic nitrogens is 4. The molecule has 1 fully saturated rings. The summed E-state index contributed by atoms with van der Waals surface area (Å²) < 4.78 is 2.16. The van der Waals surface area contributed by atoms with Gasteiger partial charge in [-0.25, -0.2) is 9.97 Å². The van der Waals surface area contributed by atoms with Crippen LogP contribution in [-0.4, -0.2) is 43.4 Å². The first kappa shape index (κ1) is 15.6. The van der Waals surface area contributed by atoms with Crippen molar-refractivity contribution in [3.8, 4) is 6.07 Å². The zero-order chi connectivity index (χ0) is 17.6. The first-order valence-electron chi connectivity index (χ1n) is 8.50. The molecule has 7 heteroatoms. The van der Waals surface area contributed by atoms with E-state index in [0.29, 0.717) is 13.1 Å². The van der Waals surface area contributed by atoms with E-state index in [9.17, 15) is 10.1 Å². The van der Waals surface area contributed by atoms with Gasteiger partial charge in [0.25, 0.3) is 0 Å². The van der Waals surface area contributed by atoms with Crippen LogP contribution in [0.25, 0.3) is 22.1 Å². The lowest BCUT2D eigenvalue weighted by atomic mass is 9.92. The number of likely N-dealkylation sites (tertiary alicyclic amines) is 1. The minimum absolute atomic E-state index is 0.0995. The van der Waals surface area contributed by atoms with E-state index in [1.165, 1.54) is 0 Å². The Hall–Kier alpha value is -2.88. The Bertz CT molecular complexity index is 992. The summed E-state index contributed by atoms with van der Waals surface area (Å²) in [5, 5.41) is 10.3. The lowest BCUT2D eigenvalue weighted by Crippen LogP contribution is -2.46. The molecule has 1 N–H and O–H groups in total. The van der Waals surface area contributed by atoms with Crippen molar-refractivity contribution in [3.63, 3.8) is 0 Å². The molecule has 3 aromatic heterocycles. The van der Waals surface area contributed by atoms with Crippen LogP contribution in [0, 0.1) is 16.7 Å². The van der Waals surface area contributed by atoms with E-state index < -0.39 is 5.41 Å². The van der Waals surface area contributed by atoms with Gasteiger partial charge in [0.1, 0.15) is 16.6 Å². The Morgan fingerprint density at radius 2 is 2.28 bits per heavy atom. The Kier molecular flexibility index (Phi) is 3.49. The molecule has 0 radical (unpaired) electrons. The molecule has 0 aromatic carbocycles. The number of hydrogen-bond acceptors (Lipinski definition) is 4. The number of nitrogens with zero attached hydrogens (tertiary/aromatic N) is 5. The van der Waals surface area contributed by atoms with Crippen molar-refractivity contribution in [2.24, 2.45) is 5.41 Å². The van der Waals surface area contributed by atoms with Gasteiger partial charge in [0.2, 0.25) is 5.91 Å². The van der Waals surface area contributed by atoms with Crippen LogP contribution in [0.5, 0.6) is 0 Å². The maximum atomic E-state index is 12.7. The highest BCUT2D eigenvalue weighted by Crippen LogP contribution is 2.30. The number of carbonyl (C=O) groups is 1. The first-order chi connectivity index (χ1) is 12.0. The lowest BCUT2D eigenvalue weighted by Gasteiger charge is -2.36. The second-order valence-electron chi connectivity index (χ2n) is 7.17. The Morgan fingerprint density at radius 3 is 3.08 bits per heavy atom. The fourth-order valence-corrected chi connectivity index (χ4v) is 3.62. The van der Waals surface area contributed by atoms with Gasteiger partial charge in [-0.15, -0.1) is 0 Å². The van der Waals surface area contributed by atoms with Gasteiger partial charge < -0.3 is 14.5 Å². The number of pyridine rings is 1. The standard InChI is InChI=1S/C18H20N6O/c1-18(2,10-19)17(25)23-7-3-4-12(9-23)24-11-22-14-8-21-16-13(15(14)24)5-6-20-16/h5-6,8,11-12H,3-4,7,9H2,1-2H3,(H,20,21)/t12-/m1/s1. The Balaban J connectivity index is 1.71. The molecular weight excluding hydrogens is 316 g/mol. The summed E-state index contributed by atoms with van der Waals surface area (Å²) in [5.41, 5.74) is 1.75. The minimum Gasteiger partial charge on any atom is -0.346 e. The average Bonchev–Trinajstić information content (AvgIpc) is 3.27. The third kappa shape index (κ3) is 2.45. The summed E-state index contributed by atoms with van der Waals surface area (Å²) in [6.07, 6.45) is 7.39. The first-order valence-corrected chi connectivity index (χ1v) is 8.50. The van der Waals surface area contributed by atoms with Crippen molar-refractivity contribution in [3.05, 3.63) is 24.8 Å². The van der Waals surface area contributed by atoms with Crippen molar-refractivity contribution in [2.45, 2.75) is 32.7 Å². The van der Waals surface area contributed by atoms with Crippen LogP contribution in [0.2, 0.25) is 0 Å². The van der Waals surface area contributed by atoms with E-state index in [4.69, 9.17) is 0 Å². The molecule has 4 rings (SSSR count). The highest BCUT2D eigenvalue weighted by Gasteiger charge is 2.35. The van der Waals surface area contributed by atoms with Crippen molar-refractivity contribution in [2.75, 3.05) is 13.1 Å². The molecule has 1 saturated heterocycles. The number of imidazole rings is 1. The number of H-pyrrole nitrogens is 1. The molecule has 3 aromatic rings. The summed E-state index contributed by atoms with van der Waals surface area (Å²) >= 11 is 0. The van der Waals surface area contributed by atoms with Gasteiger partial charge in [0, 0.05) is 24.7 Å². The van der Waals surface area contributed by atoms with E-state index in [2.05, 4.69) is 25.6 Å². The quantitative estimate of drug-likeness (QED) is 0.779. The number of amides is 1. The molecule has 1 atom stereocenters. The number of fused-ring (bicyclic) bond motifs is 3. The number of carbonyl (C=O) groups excluding carboxylic acids is 1. The van der Waals surface area contributed by atoms with E-state index in [-0.39, 0.29) is 11.9 Å². The highest BCUT2D eigenvalue weighted by molar-refractivity contribution is 6.01. The number of nitrogens with one attached hydrogen (secondary N) is 1. The van der Waals surface area contributed by atoms with E-state index in [1.54, 1.807) is 20.0 Å².